The zero-order valence-corrected chi connectivity index (χ0v) is 19.0. The first-order valence-electron chi connectivity index (χ1n) is 11.2. The topological polar surface area (TPSA) is 125 Å². The molecular weight excluding hydrogens is 450 g/mol. The summed E-state index contributed by atoms with van der Waals surface area (Å²) in [5.41, 5.74) is 5.61. The first kappa shape index (κ1) is 22.3. The van der Waals surface area contributed by atoms with E-state index in [0.717, 1.165) is 5.56 Å². The number of anilines is 1. The van der Waals surface area contributed by atoms with Crippen LogP contribution in [0.15, 0.2) is 65.2 Å². The number of carbonyl (C=O) groups excluding carboxylic acids is 4. The van der Waals surface area contributed by atoms with Gasteiger partial charge in [0.15, 0.2) is 11.5 Å². The number of hydrogen-bond donors (Lipinski definition) is 2. The molecule has 35 heavy (non-hydrogen) atoms. The fraction of sp³-hybridized carbons (Fsp3) is 0.240. The Morgan fingerprint density at radius 3 is 2.60 bits per heavy atom. The molecule has 1 saturated heterocycles. The number of fused-ring (bicyclic) bond motifs is 3. The average molecular weight is 473 g/mol. The number of nitrogens with zero attached hydrogens (tertiary/aromatic N) is 3. The van der Waals surface area contributed by atoms with Gasteiger partial charge >= 0.3 is 0 Å². The van der Waals surface area contributed by atoms with Crippen molar-refractivity contribution in [2.75, 3.05) is 11.4 Å². The van der Waals surface area contributed by atoms with Gasteiger partial charge in [-0.1, -0.05) is 47.6 Å². The van der Waals surface area contributed by atoms with Gasteiger partial charge in [-0.3, -0.25) is 34.9 Å². The molecule has 178 valence electrons. The van der Waals surface area contributed by atoms with Crippen molar-refractivity contribution >= 4 is 29.3 Å². The number of amides is 4. The molecule has 10 nitrogen and oxygen atoms in total. The SMILES string of the molecule is CC12CCC(=O)N1c1ccccc1C(=O)N2CCC(=O)NNC(=O)c1cc(-c2ccccc2)on1. The number of carbonyl (C=O) groups is 4. The molecule has 0 spiro atoms. The molecule has 1 aromatic heterocycles. The second kappa shape index (κ2) is 8.71. The first-order valence-corrected chi connectivity index (χ1v) is 11.2. The Hall–Kier alpha value is -4.47. The standard InChI is InChI=1S/C25H23N5O5/c1-25-13-11-22(32)30(25)19-10-6-5-9-17(19)24(34)29(25)14-12-21(31)26-27-23(33)18-15-20(35-28-18)16-7-3-2-4-8-16/h2-10,15H,11-14H2,1H3,(H,26,31)(H,27,33). The van der Waals surface area contributed by atoms with E-state index in [1.807, 2.05) is 37.3 Å². The van der Waals surface area contributed by atoms with Crippen LogP contribution in [0.25, 0.3) is 11.3 Å². The molecule has 0 saturated carbocycles. The van der Waals surface area contributed by atoms with Crippen LogP contribution in [0.2, 0.25) is 0 Å². The number of benzene rings is 2. The minimum atomic E-state index is -0.847. The molecule has 1 unspecified atom stereocenters. The van der Waals surface area contributed by atoms with Gasteiger partial charge < -0.3 is 9.42 Å². The Balaban J connectivity index is 1.21. The summed E-state index contributed by atoms with van der Waals surface area (Å²) in [6.07, 6.45) is 0.722. The molecule has 3 heterocycles. The highest BCUT2D eigenvalue weighted by atomic mass is 16.5. The summed E-state index contributed by atoms with van der Waals surface area (Å²) < 4.78 is 5.21. The highest BCUT2D eigenvalue weighted by molar-refractivity contribution is 6.10. The summed E-state index contributed by atoms with van der Waals surface area (Å²) in [5.74, 6) is -0.989. The largest absolute Gasteiger partial charge is 0.355 e. The zero-order valence-electron chi connectivity index (χ0n) is 19.0. The Labute approximate surface area is 200 Å². The smallest absolute Gasteiger partial charge is 0.291 e. The van der Waals surface area contributed by atoms with Crippen LogP contribution in [0.4, 0.5) is 5.69 Å². The lowest BCUT2D eigenvalue weighted by Gasteiger charge is -2.48. The first-order chi connectivity index (χ1) is 16.9. The molecule has 0 aliphatic carbocycles. The van der Waals surface area contributed by atoms with Crippen molar-refractivity contribution in [2.24, 2.45) is 0 Å². The molecule has 10 heteroatoms. The molecule has 0 radical (unpaired) electrons. The van der Waals surface area contributed by atoms with Gasteiger partial charge in [-0.2, -0.15) is 0 Å². The highest BCUT2D eigenvalue weighted by Gasteiger charge is 2.52. The molecule has 1 atom stereocenters. The van der Waals surface area contributed by atoms with Crippen molar-refractivity contribution < 1.29 is 23.7 Å². The molecule has 2 aliphatic heterocycles. The molecule has 3 aromatic rings. The van der Waals surface area contributed by atoms with Gasteiger partial charge in [-0.25, -0.2) is 0 Å². The van der Waals surface area contributed by atoms with E-state index >= 15 is 0 Å². The summed E-state index contributed by atoms with van der Waals surface area (Å²) >= 11 is 0. The van der Waals surface area contributed by atoms with E-state index in [2.05, 4.69) is 16.0 Å². The minimum Gasteiger partial charge on any atom is -0.355 e. The maximum atomic E-state index is 13.2. The summed E-state index contributed by atoms with van der Waals surface area (Å²) in [4.78, 5) is 53.9. The Kier molecular flexibility index (Phi) is 5.56. The second-order valence-electron chi connectivity index (χ2n) is 8.61. The number of hydrogen-bond acceptors (Lipinski definition) is 6. The van der Waals surface area contributed by atoms with Crippen LogP contribution in [0.1, 0.15) is 47.0 Å². The summed E-state index contributed by atoms with van der Waals surface area (Å²) in [6.45, 7) is 1.91. The molecule has 4 amide bonds. The van der Waals surface area contributed by atoms with Gasteiger partial charge in [-0.15, -0.1) is 0 Å². The monoisotopic (exact) mass is 473 g/mol. The van der Waals surface area contributed by atoms with Gasteiger partial charge in [-0.05, 0) is 25.5 Å². The van der Waals surface area contributed by atoms with E-state index in [0.29, 0.717) is 29.9 Å². The average Bonchev–Trinajstić information content (AvgIpc) is 3.48. The fourth-order valence-electron chi connectivity index (χ4n) is 4.63. The highest BCUT2D eigenvalue weighted by Crippen LogP contribution is 2.43. The number of aromatic nitrogens is 1. The molecular formula is C25H23N5O5. The third kappa shape index (κ3) is 3.92. The van der Waals surface area contributed by atoms with Crippen LogP contribution in [-0.4, -0.2) is 45.9 Å². The lowest BCUT2D eigenvalue weighted by Crippen LogP contribution is -2.62. The Morgan fingerprint density at radius 2 is 1.80 bits per heavy atom. The maximum absolute atomic E-state index is 13.2. The van der Waals surface area contributed by atoms with Crippen LogP contribution in [-0.2, 0) is 9.59 Å². The van der Waals surface area contributed by atoms with E-state index in [1.54, 1.807) is 34.1 Å². The van der Waals surface area contributed by atoms with Crippen molar-refractivity contribution in [2.45, 2.75) is 31.8 Å². The van der Waals surface area contributed by atoms with Crippen molar-refractivity contribution in [1.82, 2.24) is 20.9 Å². The normalized spacial score (nSPS) is 18.8. The Morgan fingerprint density at radius 1 is 1.06 bits per heavy atom. The van der Waals surface area contributed by atoms with E-state index in [9.17, 15) is 19.2 Å². The number of rotatable bonds is 5. The van der Waals surface area contributed by atoms with Crippen molar-refractivity contribution in [3.8, 4) is 11.3 Å². The van der Waals surface area contributed by atoms with Crippen LogP contribution in [0.3, 0.4) is 0 Å². The minimum absolute atomic E-state index is 0.0135. The van der Waals surface area contributed by atoms with E-state index in [-0.39, 0.29) is 30.5 Å². The molecule has 2 aromatic carbocycles. The summed E-state index contributed by atoms with van der Waals surface area (Å²) in [5, 5.41) is 3.74. The van der Waals surface area contributed by atoms with Crippen LogP contribution in [0, 0.1) is 0 Å². The van der Waals surface area contributed by atoms with E-state index < -0.39 is 17.5 Å². The number of hydrazine groups is 1. The third-order valence-corrected chi connectivity index (χ3v) is 6.42. The summed E-state index contributed by atoms with van der Waals surface area (Å²) in [7, 11) is 0. The van der Waals surface area contributed by atoms with Crippen LogP contribution < -0.4 is 15.8 Å². The quantitative estimate of drug-likeness (QED) is 0.549. The molecule has 0 bridgehead atoms. The zero-order chi connectivity index (χ0) is 24.6. The fourth-order valence-corrected chi connectivity index (χ4v) is 4.63. The molecule has 1 fully saturated rings. The molecule has 2 N–H and O–H groups in total. The number of para-hydroxylation sites is 1. The number of nitrogens with one attached hydrogen (secondary N) is 2. The van der Waals surface area contributed by atoms with Crippen molar-refractivity contribution in [1.29, 1.82) is 0 Å². The lowest BCUT2D eigenvalue weighted by molar-refractivity contribution is -0.122. The van der Waals surface area contributed by atoms with Gasteiger partial charge in [0.25, 0.3) is 11.8 Å². The van der Waals surface area contributed by atoms with Crippen LogP contribution >= 0.6 is 0 Å². The van der Waals surface area contributed by atoms with Gasteiger partial charge in [0.2, 0.25) is 11.8 Å². The second-order valence-corrected chi connectivity index (χ2v) is 8.61. The Bertz CT molecular complexity index is 1320. The maximum Gasteiger partial charge on any atom is 0.291 e. The van der Waals surface area contributed by atoms with Crippen molar-refractivity contribution in [3.05, 3.63) is 71.9 Å². The van der Waals surface area contributed by atoms with E-state index in [4.69, 9.17) is 4.52 Å². The lowest BCUT2D eigenvalue weighted by atomic mass is 9.98. The van der Waals surface area contributed by atoms with Crippen LogP contribution in [0.5, 0.6) is 0 Å². The van der Waals surface area contributed by atoms with Crippen molar-refractivity contribution in [3.63, 3.8) is 0 Å². The predicted molar refractivity (Wildman–Crippen MR) is 125 cm³/mol. The third-order valence-electron chi connectivity index (χ3n) is 6.42. The molecule has 5 rings (SSSR count). The molecule has 2 aliphatic rings. The van der Waals surface area contributed by atoms with Gasteiger partial charge in [0.1, 0.15) is 5.66 Å². The van der Waals surface area contributed by atoms with Gasteiger partial charge in [0, 0.05) is 31.0 Å². The van der Waals surface area contributed by atoms with E-state index in [1.165, 1.54) is 6.07 Å². The van der Waals surface area contributed by atoms with Gasteiger partial charge in [0.05, 0.1) is 11.3 Å². The predicted octanol–water partition coefficient (Wildman–Crippen LogP) is 2.49. The summed E-state index contributed by atoms with van der Waals surface area (Å²) in [6, 6.07) is 17.6.